The first-order valence-corrected chi connectivity index (χ1v) is 11.3. The zero-order valence-corrected chi connectivity index (χ0v) is 19.8. The fraction of sp³-hybridized carbons (Fsp3) is 0.440. The Morgan fingerprint density at radius 1 is 1.19 bits per heavy atom. The number of nitrogens with two attached hydrogens (primary N) is 1. The lowest BCUT2D eigenvalue weighted by Crippen LogP contribution is -2.76. The van der Waals surface area contributed by atoms with Crippen LogP contribution in [0.5, 0.6) is 5.75 Å². The number of amides is 1. The van der Waals surface area contributed by atoms with E-state index in [-0.39, 0.29) is 11.1 Å². The molecule has 0 aromatic heterocycles. The number of hydrogen-bond donors (Lipinski definition) is 6. The van der Waals surface area contributed by atoms with Crippen LogP contribution < -0.4 is 5.73 Å². The summed E-state index contributed by atoms with van der Waals surface area (Å²) in [6.07, 6.45) is -0.910. The van der Waals surface area contributed by atoms with E-state index in [1.807, 2.05) is 0 Å². The number of hydrogen-bond acceptors (Lipinski definition) is 10. The number of rotatable bonds is 3. The van der Waals surface area contributed by atoms with E-state index in [0.29, 0.717) is 5.56 Å². The molecule has 36 heavy (non-hydrogen) atoms. The average molecular weight is 498 g/mol. The highest BCUT2D eigenvalue weighted by Gasteiger charge is 2.71. The van der Waals surface area contributed by atoms with E-state index in [1.165, 1.54) is 31.1 Å². The van der Waals surface area contributed by atoms with Gasteiger partial charge in [0, 0.05) is 35.1 Å². The van der Waals surface area contributed by atoms with Gasteiger partial charge in [-0.15, -0.1) is 0 Å². The second-order valence-electron chi connectivity index (χ2n) is 9.81. The third-order valence-electron chi connectivity index (χ3n) is 7.86. The molecule has 3 aliphatic rings. The van der Waals surface area contributed by atoms with Crippen LogP contribution >= 0.6 is 0 Å². The maximum absolute atomic E-state index is 13.9. The predicted octanol–water partition coefficient (Wildman–Crippen LogP) is -0.802. The Hall–Kier alpha value is -3.56. The zero-order valence-electron chi connectivity index (χ0n) is 19.8. The van der Waals surface area contributed by atoms with Gasteiger partial charge in [-0.3, -0.25) is 14.4 Å². The van der Waals surface area contributed by atoms with E-state index in [4.69, 9.17) is 11.0 Å². The highest BCUT2D eigenvalue weighted by Crippen LogP contribution is 2.56. The lowest BCUT2D eigenvalue weighted by molar-refractivity contribution is -0.199. The summed E-state index contributed by atoms with van der Waals surface area (Å²) < 4.78 is 0. The second kappa shape index (κ2) is 8.53. The topological polar surface area (TPSA) is 205 Å². The molecule has 0 aliphatic heterocycles. The first kappa shape index (κ1) is 25.5. The molecule has 11 nitrogen and oxygen atoms in total. The Kier molecular flexibility index (Phi) is 6.05. The van der Waals surface area contributed by atoms with Crippen molar-refractivity contribution in [2.75, 3.05) is 14.1 Å². The summed E-state index contributed by atoms with van der Waals surface area (Å²) in [5, 5.41) is 64.9. The van der Waals surface area contributed by atoms with Crippen molar-refractivity contribution < 1.29 is 39.9 Å². The number of allylic oxidation sites excluding steroid dienone is 1. The fourth-order valence-corrected chi connectivity index (χ4v) is 6.25. The van der Waals surface area contributed by atoms with Crippen LogP contribution in [0.15, 0.2) is 23.8 Å². The van der Waals surface area contributed by atoms with Crippen LogP contribution in [0.4, 0.5) is 0 Å². The molecule has 7 N–H and O–H groups in total. The molecule has 0 radical (unpaired) electrons. The largest absolute Gasteiger partial charge is 0.507 e. The maximum atomic E-state index is 13.9. The molecular formula is C25H27N3O8. The molecule has 2 saturated carbocycles. The van der Waals surface area contributed by atoms with Crippen molar-refractivity contribution in [1.82, 2.24) is 4.90 Å². The Bertz CT molecular complexity index is 1280. The molecule has 8 atom stereocenters. The van der Waals surface area contributed by atoms with Crippen molar-refractivity contribution in [2.24, 2.45) is 23.5 Å². The highest BCUT2D eigenvalue weighted by atomic mass is 16.3. The minimum Gasteiger partial charge on any atom is -0.507 e. The number of Topliss-reactive ketones (excluding diaryl/α,β-unsaturated/α-hetero) is 2. The molecule has 1 amide bonds. The van der Waals surface area contributed by atoms with Gasteiger partial charge >= 0.3 is 0 Å². The van der Waals surface area contributed by atoms with Crippen molar-refractivity contribution in [2.45, 2.75) is 36.7 Å². The molecular weight excluding hydrogens is 470 g/mol. The zero-order chi connectivity index (χ0) is 26.9. The van der Waals surface area contributed by atoms with Crippen molar-refractivity contribution in [3.63, 3.8) is 0 Å². The molecule has 1 aromatic rings. The van der Waals surface area contributed by atoms with Crippen LogP contribution in [0.2, 0.25) is 0 Å². The lowest BCUT2D eigenvalue weighted by Gasteiger charge is -2.56. The standard InChI is InChI=1S/C25H27N3O8/c1-9-11-7-6-10(5-4-8-26)18(29)13(11)19(30)14-12(9)20(31)16-17(28(2)3)21(32)15(24(27)35)23(34)25(16,36)22(14)33/h4-7,9,12,15-17,20-21,29-32,36H,1-3H3,(H2,27,35)/b5-4+/t9-,12+,15?,16+,17-,20-,21?,25-/m0/s1. The van der Waals surface area contributed by atoms with Gasteiger partial charge in [0.2, 0.25) is 11.7 Å². The summed E-state index contributed by atoms with van der Waals surface area (Å²) in [5.41, 5.74) is 2.34. The van der Waals surface area contributed by atoms with Gasteiger partial charge in [0.05, 0.1) is 23.8 Å². The summed E-state index contributed by atoms with van der Waals surface area (Å²) in [7, 11) is 2.99. The molecule has 3 aliphatic carbocycles. The third-order valence-corrected chi connectivity index (χ3v) is 7.86. The number of phenolic OH excluding ortho intramolecular Hbond substituents is 1. The van der Waals surface area contributed by atoms with Gasteiger partial charge in [0.25, 0.3) is 0 Å². The number of fused-ring (bicyclic) bond motifs is 3. The molecule has 0 saturated heterocycles. The first-order chi connectivity index (χ1) is 16.8. The molecule has 1 aromatic carbocycles. The van der Waals surface area contributed by atoms with Crippen LogP contribution in [0.1, 0.15) is 29.5 Å². The molecule has 0 spiro atoms. The van der Waals surface area contributed by atoms with Crippen LogP contribution in [0, 0.1) is 29.1 Å². The van der Waals surface area contributed by atoms with Gasteiger partial charge in [-0.05, 0) is 31.7 Å². The Morgan fingerprint density at radius 3 is 2.39 bits per heavy atom. The minimum absolute atomic E-state index is 0.129. The number of ketones is 2. The number of carbonyl (C=O) groups excluding carboxylic acids is 3. The van der Waals surface area contributed by atoms with Crippen molar-refractivity contribution in [3.8, 4) is 11.8 Å². The number of aliphatic hydroxyl groups excluding tert-OH is 3. The smallest absolute Gasteiger partial charge is 0.230 e. The Morgan fingerprint density at radius 2 is 1.83 bits per heavy atom. The fourth-order valence-electron chi connectivity index (χ4n) is 6.25. The summed E-state index contributed by atoms with van der Waals surface area (Å²) in [5.74, 6) is -10.3. The maximum Gasteiger partial charge on any atom is 0.230 e. The third kappa shape index (κ3) is 3.16. The summed E-state index contributed by atoms with van der Waals surface area (Å²) in [6.45, 7) is 1.65. The quantitative estimate of drug-likeness (QED) is 0.226. The molecule has 2 unspecified atom stereocenters. The van der Waals surface area contributed by atoms with E-state index < -0.39 is 82.1 Å². The van der Waals surface area contributed by atoms with Crippen molar-refractivity contribution in [3.05, 3.63) is 40.5 Å². The van der Waals surface area contributed by atoms with Gasteiger partial charge in [0.15, 0.2) is 11.4 Å². The van der Waals surface area contributed by atoms with E-state index in [0.717, 1.165) is 6.08 Å². The number of nitriles is 1. The van der Waals surface area contributed by atoms with Gasteiger partial charge in [-0.2, -0.15) is 5.26 Å². The molecule has 0 heterocycles. The number of carbonyl (C=O) groups is 3. The van der Waals surface area contributed by atoms with Crippen LogP contribution in [-0.4, -0.2) is 85.9 Å². The number of aliphatic hydroxyl groups is 4. The summed E-state index contributed by atoms with van der Waals surface area (Å²) in [4.78, 5) is 40.7. The number of phenols is 1. The van der Waals surface area contributed by atoms with Gasteiger partial charge in [0.1, 0.15) is 17.4 Å². The monoisotopic (exact) mass is 497 g/mol. The molecule has 2 fully saturated rings. The van der Waals surface area contributed by atoms with Gasteiger partial charge in [-0.25, -0.2) is 0 Å². The predicted molar refractivity (Wildman–Crippen MR) is 125 cm³/mol. The summed E-state index contributed by atoms with van der Waals surface area (Å²) >= 11 is 0. The van der Waals surface area contributed by atoms with Crippen LogP contribution in [-0.2, 0) is 14.4 Å². The summed E-state index contributed by atoms with van der Waals surface area (Å²) in [6, 6.07) is 3.66. The highest BCUT2D eigenvalue weighted by molar-refractivity contribution is 6.25. The Balaban J connectivity index is 2.00. The van der Waals surface area contributed by atoms with Crippen molar-refractivity contribution >= 4 is 29.3 Å². The normalized spacial score (nSPS) is 35.9. The van der Waals surface area contributed by atoms with Gasteiger partial charge < -0.3 is 36.2 Å². The first-order valence-electron chi connectivity index (χ1n) is 11.3. The minimum atomic E-state index is -2.97. The van der Waals surface area contributed by atoms with Crippen LogP contribution in [0.3, 0.4) is 0 Å². The van der Waals surface area contributed by atoms with E-state index >= 15 is 0 Å². The number of aromatic hydroxyl groups is 1. The number of likely N-dealkylation sites (N-methyl/N-ethyl adjacent to an activating group) is 1. The van der Waals surface area contributed by atoms with E-state index in [2.05, 4.69) is 0 Å². The second-order valence-corrected chi connectivity index (χ2v) is 9.81. The average Bonchev–Trinajstić information content (AvgIpc) is 2.80. The van der Waals surface area contributed by atoms with Crippen LogP contribution in [0.25, 0.3) is 11.8 Å². The molecule has 4 rings (SSSR count). The Labute approximate surface area is 206 Å². The SMILES string of the molecule is C[C@H]1c2ccc(/C=C/C#N)c(O)c2C(O)=C2C(=O)[C@]3(O)C(=O)C(C(N)=O)C(O)[C@@H](N(C)C)[C@@H]3[C@@H](O)[C@@H]21. The number of primary amides is 1. The van der Waals surface area contributed by atoms with E-state index in [1.54, 1.807) is 19.1 Å². The van der Waals surface area contributed by atoms with Gasteiger partial charge in [-0.1, -0.05) is 19.1 Å². The number of benzene rings is 1. The molecule has 11 heteroatoms. The molecule has 190 valence electrons. The lowest BCUT2D eigenvalue weighted by atomic mass is 9.51. The van der Waals surface area contributed by atoms with Crippen molar-refractivity contribution in [1.29, 1.82) is 5.26 Å². The number of nitrogens with zero attached hydrogens (tertiary/aromatic N) is 2. The van der Waals surface area contributed by atoms with E-state index in [9.17, 15) is 39.9 Å². The molecule has 0 bridgehead atoms.